The second kappa shape index (κ2) is 6.57. The normalized spacial score (nSPS) is 12.7. The van der Waals surface area contributed by atoms with Crippen molar-refractivity contribution in [3.63, 3.8) is 0 Å². The average Bonchev–Trinajstić information content (AvgIpc) is 2.25. The number of benzene rings is 1. The quantitative estimate of drug-likeness (QED) is 0.677. The lowest BCUT2D eigenvalue weighted by Crippen LogP contribution is -2.27. The summed E-state index contributed by atoms with van der Waals surface area (Å²) in [7, 11) is 0. The molecule has 2 nitrogen and oxygen atoms in total. The SMILES string of the molecule is CCCCNC[C@@H](N)c1ccccc1. The number of nitrogens with two attached hydrogens (primary N) is 1. The lowest BCUT2D eigenvalue weighted by molar-refractivity contribution is 0.579. The van der Waals surface area contributed by atoms with Crippen molar-refractivity contribution in [2.24, 2.45) is 5.73 Å². The van der Waals surface area contributed by atoms with Crippen molar-refractivity contribution >= 4 is 0 Å². The molecular weight excluding hydrogens is 172 g/mol. The summed E-state index contributed by atoms with van der Waals surface area (Å²) in [6, 6.07) is 10.3. The van der Waals surface area contributed by atoms with E-state index in [0.717, 1.165) is 13.1 Å². The van der Waals surface area contributed by atoms with Crippen LogP contribution in [0.3, 0.4) is 0 Å². The molecule has 1 atom stereocenters. The predicted molar refractivity (Wildman–Crippen MR) is 61.1 cm³/mol. The van der Waals surface area contributed by atoms with Gasteiger partial charge in [-0.2, -0.15) is 0 Å². The Labute approximate surface area is 86.5 Å². The monoisotopic (exact) mass is 192 g/mol. The highest BCUT2D eigenvalue weighted by Crippen LogP contribution is 2.07. The van der Waals surface area contributed by atoms with Crippen LogP contribution in [0.4, 0.5) is 0 Å². The van der Waals surface area contributed by atoms with Crippen molar-refractivity contribution < 1.29 is 0 Å². The van der Waals surface area contributed by atoms with Crippen molar-refractivity contribution in [2.75, 3.05) is 13.1 Å². The molecule has 0 spiro atoms. The van der Waals surface area contributed by atoms with Crippen molar-refractivity contribution in [1.82, 2.24) is 5.32 Å². The molecule has 0 amide bonds. The van der Waals surface area contributed by atoms with Gasteiger partial charge in [0.25, 0.3) is 0 Å². The molecule has 0 unspecified atom stereocenters. The number of rotatable bonds is 6. The molecule has 0 heterocycles. The van der Waals surface area contributed by atoms with Gasteiger partial charge in [-0.1, -0.05) is 43.7 Å². The fraction of sp³-hybridized carbons (Fsp3) is 0.500. The molecule has 78 valence electrons. The summed E-state index contributed by atoms with van der Waals surface area (Å²) in [5, 5.41) is 3.36. The first kappa shape index (κ1) is 11.2. The third-order valence-corrected chi connectivity index (χ3v) is 2.30. The molecule has 0 radical (unpaired) electrons. The number of hydrogen-bond donors (Lipinski definition) is 2. The van der Waals surface area contributed by atoms with Gasteiger partial charge in [-0.15, -0.1) is 0 Å². The van der Waals surface area contributed by atoms with Gasteiger partial charge in [0.15, 0.2) is 0 Å². The van der Waals surface area contributed by atoms with E-state index in [1.54, 1.807) is 0 Å². The first-order valence-corrected chi connectivity index (χ1v) is 5.36. The Morgan fingerprint density at radius 2 is 2.00 bits per heavy atom. The first-order valence-electron chi connectivity index (χ1n) is 5.36. The van der Waals surface area contributed by atoms with Crippen LogP contribution in [0.25, 0.3) is 0 Å². The van der Waals surface area contributed by atoms with E-state index < -0.39 is 0 Å². The van der Waals surface area contributed by atoms with Gasteiger partial charge in [-0.25, -0.2) is 0 Å². The van der Waals surface area contributed by atoms with Crippen molar-refractivity contribution in [3.05, 3.63) is 35.9 Å². The molecule has 1 aromatic rings. The van der Waals surface area contributed by atoms with E-state index in [0.29, 0.717) is 0 Å². The average molecular weight is 192 g/mol. The van der Waals surface area contributed by atoms with Crippen LogP contribution in [-0.2, 0) is 0 Å². The van der Waals surface area contributed by atoms with Crippen LogP contribution in [0.5, 0.6) is 0 Å². The van der Waals surface area contributed by atoms with E-state index in [4.69, 9.17) is 5.73 Å². The van der Waals surface area contributed by atoms with E-state index >= 15 is 0 Å². The summed E-state index contributed by atoms with van der Waals surface area (Å²) in [6.07, 6.45) is 2.45. The van der Waals surface area contributed by atoms with Crippen molar-refractivity contribution in [2.45, 2.75) is 25.8 Å². The minimum absolute atomic E-state index is 0.119. The Balaban J connectivity index is 2.25. The Hall–Kier alpha value is -0.860. The van der Waals surface area contributed by atoms with E-state index in [-0.39, 0.29) is 6.04 Å². The summed E-state index contributed by atoms with van der Waals surface area (Å²) in [4.78, 5) is 0. The molecule has 0 aliphatic heterocycles. The Kier molecular flexibility index (Phi) is 5.27. The topological polar surface area (TPSA) is 38.0 Å². The van der Waals surface area contributed by atoms with Crippen LogP contribution < -0.4 is 11.1 Å². The highest BCUT2D eigenvalue weighted by molar-refractivity contribution is 5.18. The van der Waals surface area contributed by atoms with Gasteiger partial charge in [0.1, 0.15) is 0 Å². The first-order chi connectivity index (χ1) is 6.84. The van der Waals surface area contributed by atoms with Gasteiger partial charge in [0, 0.05) is 12.6 Å². The number of unbranched alkanes of at least 4 members (excludes halogenated alkanes) is 1. The van der Waals surface area contributed by atoms with Gasteiger partial charge in [0.05, 0.1) is 0 Å². The largest absolute Gasteiger partial charge is 0.323 e. The van der Waals surface area contributed by atoms with Gasteiger partial charge < -0.3 is 11.1 Å². The molecule has 0 aromatic heterocycles. The lowest BCUT2D eigenvalue weighted by atomic mass is 10.1. The van der Waals surface area contributed by atoms with Crippen molar-refractivity contribution in [1.29, 1.82) is 0 Å². The maximum absolute atomic E-state index is 6.01. The summed E-state index contributed by atoms with van der Waals surface area (Å²) >= 11 is 0. The Bertz CT molecular complexity index is 233. The second-order valence-corrected chi connectivity index (χ2v) is 3.57. The third-order valence-electron chi connectivity index (χ3n) is 2.30. The Morgan fingerprint density at radius 3 is 2.64 bits per heavy atom. The smallest absolute Gasteiger partial charge is 0.0421 e. The van der Waals surface area contributed by atoms with E-state index in [9.17, 15) is 0 Å². The zero-order valence-corrected chi connectivity index (χ0v) is 8.87. The summed E-state index contributed by atoms with van der Waals surface area (Å²) < 4.78 is 0. The predicted octanol–water partition coefficient (Wildman–Crippen LogP) is 2.08. The molecule has 3 N–H and O–H groups in total. The van der Waals surface area contributed by atoms with Crippen LogP contribution in [0.15, 0.2) is 30.3 Å². The summed E-state index contributed by atoms with van der Waals surface area (Å²) in [5.74, 6) is 0. The fourth-order valence-electron chi connectivity index (χ4n) is 1.38. The summed E-state index contributed by atoms with van der Waals surface area (Å²) in [5.41, 5.74) is 7.22. The molecule has 1 rings (SSSR count). The van der Waals surface area contributed by atoms with Crippen LogP contribution in [-0.4, -0.2) is 13.1 Å². The summed E-state index contributed by atoms with van der Waals surface area (Å²) in [6.45, 7) is 4.12. The van der Waals surface area contributed by atoms with Crippen LogP contribution in [0.1, 0.15) is 31.4 Å². The molecule has 0 bridgehead atoms. The molecule has 0 saturated heterocycles. The highest BCUT2D eigenvalue weighted by Gasteiger charge is 2.03. The molecular formula is C12H20N2. The van der Waals surface area contributed by atoms with Gasteiger partial charge >= 0.3 is 0 Å². The van der Waals surface area contributed by atoms with Gasteiger partial charge in [-0.05, 0) is 18.5 Å². The molecule has 0 fully saturated rings. The van der Waals surface area contributed by atoms with Gasteiger partial charge in [0.2, 0.25) is 0 Å². The minimum atomic E-state index is 0.119. The second-order valence-electron chi connectivity index (χ2n) is 3.57. The van der Waals surface area contributed by atoms with E-state index in [1.807, 2.05) is 18.2 Å². The number of hydrogen-bond acceptors (Lipinski definition) is 2. The molecule has 0 aliphatic carbocycles. The minimum Gasteiger partial charge on any atom is -0.323 e. The molecule has 0 aliphatic rings. The lowest BCUT2D eigenvalue weighted by Gasteiger charge is -2.12. The fourth-order valence-corrected chi connectivity index (χ4v) is 1.38. The van der Waals surface area contributed by atoms with E-state index in [1.165, 1.54) is 18.4 Å². The molecule has 14 heavy (non-hydrogen) atoms. The molecule has 0 saturated carbocycles. The zero-order chi connectivity index (χ0) is 10.2. The molecule has 1 aromatic carbocycles. The van der Waals surface area contributed by atoms with E-state index in [2.05, 4.69) is 24.4 Å². The number of nitrogens with one attached hydrogen (secondary N) is 1. The Morgan fingerprint density at radius 1 is 1.29 bits per heavy atom. The van der Waals surface area contributed by atoms with Crippen LogP contribution in [0, 0.1) is 0 Å². The molecule has 2 heteroatoms. The standard InChI is InChI=1S/C12H20N2/c1-2-3-9-14-10-12(13)11-7-5-4-6-8-11/h4-8,12,14H,2-3,9-10,13H2,1H3/t12-/m1/s1. The van der Waals surface area contributed by atoms with Crippen LogP contribution in [0.2, 0.25) is 0 Å². The van der Waals surface area contributed by atoms with Crippen LogP contribution >= 0.6 is 0 Å². The highest BCUT2D eigenvalue weighted by atomic mass is 14.9. The maximum Gasteiger partial charge on any atom is 0.0421 e. The third kappa shape index (κ3) is 3.90. The maximum atomic E-state index is 6.01. The van der Waals surface area contributed by atoms with Crippen molar-refractivity contribution in [3.8, 4) is 0 Å². The van der Waals surface area contributed by atoms with Gasteiger partial charge in [-0.3, -0.25) is 0 Å². The zero-order valence-electron chi connectivity index (χ0n) is 8.87.